The number of aromatic nitrogens is 2. The van der Waals surface area contributed by atoms with E-state index in [9.17, 15) is 9.59 Å². The van der Waals surface area contributed by atoms with Crippen molar-refractivity contribution in [2.45, 2.75) is 25.0 Å². The van der Waals surface area contributed by atoms with Crippen molar-refractivity contribution in [3.63, 3.8) is 0 Å². The highest BCUT2D eigenvalue weighted by molar-refractivity contribution is 8.14. The van der Waals surface area contributed by atoms with Gasteiger partial charge in [-0.2, -0.15) is 5.10 Å². The van der Waals surface area contributed by atoms with Crippen LogP contribution in [0.5, 0.6) is 0 Å². The summed E-state index contributed by atoms with van der Waals surface area (Å²) in [6.07, 6.45) is 3.11. The minimum atomic E-state index is 0.0834. The maximum absolute atomic E-state index is 11.9. The van der Waals surface area contributed by atoms with Crippen LogP contribution in [0.1, 0.15) is 18.9 Å². The minimum absolute atomic E-state index is 0.0834. The summed E-state index contributed by atoms with van der Waals surface area (Å²) >= 11 is 1.28. The van der Waals surface area contributed by atoms with Crippen LogP contribution in [0.2, 0.25) is 0 Å². The topological polar surface area (TPSA) is 66.1 Å². The molecule has 1 aliphatic rings. The molecule has 0 spiro atoms. The first kappa shape index (κ1) is 14.1. The molecule has 1 aromatic carbocycles. The molecule has 0 radical (unpaired) electrons. The van der Waals surface area contributed by atoms with Crippen molar-refractivity contribution in [1.82, 2.24) is 15.1 Å². The highest BCUT2D eigenvalue weighted by Gasteiger charge is 2.30. The quantitative estimate of drug-likeness (QED) is 0.938. The molecule has 2 aromatic rings. The van der Waals surface area contributed by atoms with E-state index in [-0.39, 0.29) is 16.3 Å². The van der Waals surface area contributed by atoms with E-state index in [1.54, 1.807) is 13.1 Å². The van der Waals surface area contributed by atoms with E-state index >= 15 is 0 Å². The molecular weight excluding hydrogens is 286 g/mol. The SMILES string of the molecule is CC(=O)SC1CC(=O)N(CCc2ccc3[nH]ncc3c2)C1. The molecule has 0 aliphatic carbocycles. The van der Waals surface area contributed by atoms with Gasteiger partial charge in [0.05, 0.1) is 11.7 Å². The average Bonchev–Trinajstić information content (AvgIpc) is 3.01. The predicted molar refractivity (Wildman–Crippen MR) is 83.1 cm³/mol. The molecular formula is C15H17N3O2S. The van der Waals surface area contributed by atoms with Gasteiger partial charge in [-0.3, -0.25) is 14.7 Å². The summed E-state index contributed by atoms with van der Waals surface area (Å²) in [5.41, 5.74) is 2.22. The van der Waals surface area contributed by atoms with E-state index in [4.69, 9.17) is 0 Å². The maximum atomic E-state index is 11.9. The molecule has 0 bridgehead atoms. The Bertz CT molecular complexity index is 682. The Hall–Kier alpha value is -1.82. The van der Waals surface area contributed by atoms with Crippen LogP contribution in [0.15, 0.2) is 24.4 Å². The summed E-state index contributed by atoms with van der Waals surface area (Å²) in [6, 6.07) is 6.17. The van der Waals surface area contributed by atoms with Gasteiger partial charge in [0.15, 0.2) is 5.12 Å². The van der Waals surface area contributed by atoms with E-state index in [0.29, 0.717) is 19.5 Å². The van der Waals surface area contributed by atoms with Crippen molar-refractivity contribution in [3.05, 3.63) is 30.0 Å². The fourth-order valence-electron chi connectivity index (χ4n) is 2.68. The molecule has 1 aromatic heterocycles. The highest BCUT2D eigenvalue weighted by Crippen LogP contribution is 2.24. The van der Waals surface area contributed by atoms with Gasteiger partial charge in [0.2, 0.25) is 5.91 Å². The first-order chi connectivity index (χ1) is 10.1. The highest BCUT2D eigenvalue weighted by atomic mass is 32.2. The van der Waals surface area contributed by atoms with Gasteiger partial charge >= 0.3 is 0 Å². The number of nitrogens with one attached hydrogen (secondary N) is 1. The van der Waals surface area contributed by atoms with Crippen LogP contribution < -0.4 is 0 Å². The smallest absolute Gasteiger partial charge is 0.223 e. The molecule has 6 heteroatoms. The third-order valence-electron chi connectivity index (χ3n) is 3.69. The fourth-order valence-corrected chi connectivity index (χ4v) is 3.63. The van der Waals surface area contributed by atoms with Gasteiger partial charge in [0.25, 0.3) is 0 Å². The van der Waals surface area contributed by atoms with Gasteiger partial charge in [-0.15, -0.1) is 0 Å². The zero-order valence-electron chi connectivity index (χ0n) is 11.8. The normalized spacial score (nSPS) is 18.6. The summed E-state index contributed by atoms with van der Waals surface area (Å²) in [4.78, 5) is 24.9. The summed E-state index contributed by atoms with van der Waals surface area (Å²) in [5.74, 6) is 0.151. The van der Waals surface area contributed by atoms with Gasteiger partial charge in [0, 0.05) is 37.1 Å². The van der Waals surface area contributed by atoms with E-state index in [1.165, 1.54) is 17.3 Å². The second-order valence-corrected chi connectivity index (χ2v) is 6.79. The van der Waals surface area contributed by atoms with Gasteiger partial charge in [0.1, 0.15) is 0 Å². The van der Waals surface area contributed by atoms with Crippen LogP contribution in [-0.4, -0.2) is 44.5 Å². The van der Waals surface area contributed by atoms with Crippen LogP contribution in [0.3, 0.4) is 0 Å². The fraction of sp³-hybridized carbons (Fsp3) is 0.400. The number of benzene rings is 1. The van der Waals surface area contributed by atoms with Crippen LogP contribution in [-0.2, 0) is 16.0 Å². The van der Waals surface area contributed by atoms with Crippen LogP contribution in [0, 0.1) is 0 Å². The van der Waals surface area contributed by atoms with Crippen molar-refractivity contribution in [2.75, 3.05) is 13.1 Å². The number of likely N-dealkylation sites (tertiary alicyclic amines) is 1. The molecule has 21 heavy (non-hydrogen) atoms. The van der Waals surface area contributed by atoms with Crippen LogP contribution >= 0.6 is 11.8 Å². The van der Waals surface area contributed by atoms with E-state index in [0.717, 1.165) is 17.3 Å². The average molecular weight is 303 g/mol. The number of rotatable bonds is 4. The van der Waals surface area contributed by atoms with Gasteiger partial charge in [-0.25, -0.2) is 0 Å². The molecule has 0 saturated carbocycles. The molecule has 5 nitrogen and oxygen atoms in total. The van der Waals surface area contributed by atoms with E-state index in [1.807, 2.05) is 11.0 Å². The third kappa shape index (κ3) is 3.26. The first-order valence-electron chi connectivity index (χ1n) is 6.99. The largest absolute Gasteiger partial charge is 0.341 e. The molecule has 1 unspecified atom stereocenters. The number of carbonyl (C=O) groups is 2. The molecule has 1 atom stereocenters. The van der Waals surface area contributed by atoms with Crippen molar-refractivity contribution in [1.29, 1.82) is 0 Å². The van der Waals surface area contributed by atoms with Crippen molar-refractivity contribution in [3.8, 4) is 0 Å². The first-order valence-corrected chi connectivity index (χ1v) is 7.87. The van der Waals surface area contributed by atoms with E-state index in [2.05, 4.69) is 22.3 Å². The molecule has 110 valence electrons. The lowest BCUT2D eigenvalue weighted by Gasteiger charge is -2.16. The van der Waals surface area contributed by atoms with Gasteiger partial charge in [-0.1, -0.05) is 17.8 Å². The van der Waals surface area contributed by atoms with Crippen molar-refractivity contribution < 1.29 is 9.59 Å². The second kappa shape index (κ2) is 5.89. The van der Waals surface area contributed by atoms with E-state index < -0.39 is 0 Å². The lowest BCUT2D eigenvalue weighted by molar-refractivity contribution is -0.127. The Kier molecular flexibility index (Phi) is 3.96. The minimum Gasteiger partial charge on any atom is -0.341 e. The number of hydrogen-bond acceptors (Lipinski definition) is 4. The van der Waals surface area contributed by atoms with Gasteiger partial charge in [-0.05, 0) is 24.1 Å². The summed E-state index contributed by atoms with van der Waals surface area (Å²) in [6.45, 7) is 2.94. The number of carbonyl (C=O) groups excluding carboxylic acids is 2. The summed E-state index contributed by atoms with van der Waals surface area (Å²) in [7, 11) is 0. The summed E-state index contributed by atoms with van der Waals surface area (Å²) in [5, 5.41) is 8.22. The molecule has 1 fully saturated rings. The van der Waals surface area contributed by atoms with Crippen molar-refractivity contribution >= 4 is 33.7 Å². The van der Waals surface area contributed by atoms with Crippen LogP contribution in [0.25, 0.3) is 10.9 Å². The number of thioether (sulfide) groups is 1. The Balaban J connectivity index is 1.59. The lowest BCUT2D eigenvalue weighted by atomic mass is 10.1. The second-order valence-electron chi connectivity index (χ2n) is 5.32. The Morgan fingerprint density at radius 1 is 1.52 bits per heavy atom. The molecule has 1 N–H and O–H groups in total. The molecule has 1 saturated heterocycles. The third-order valence-corrected chi connectivity index (χ3v) is 4.67. The monoisotopic (exact) mass is 303 g/mol. The summed E-state index contributed by atoms with van der Waals surface area (Å²) < 4.78 is 0. The number of nitrogens with zero attached hydrogens (tertiary/aromatic N) is 2. The molecule has 3 rings (SSSR count). The Labute approximate surface area is 127 Å². The number of aromatic amines is 1. The van der Waals surface area contributed by atoms with Crippen molar-refractivity contribution in [2.24, 2.45) is 0 Å². The maximum Gasteiger partial charge on any atom is 0.223 e. The molecule has 1 aliphatic heterocycles. The number of fused-ring (bicyclic) bond motifs is 1. The zero-order valence-corrected chi connectivity index (χ0v) is 12.7. The molecule has 2 heterocycles. The van der Waals surface area contributed by atoms with Crippen LogP contribution in [0.4, 0.5) is 0 Å². The number of amides is 1. The Morgan fingerprint density at radius 2 is 2.38 bits per heavy atom. The van der Waals surface area contributed by atoms with Gasteiger partial charge < -0.3 is 4.90 Å². The molecule has 1 amide bonds. The standard InChI is InChI=1S/C15H17N3O2S/c1-10(19)21-13-7-15(20)18(9-13)5-4-11-2-3-14-12(6-11)8-16-17-14/h2-3,6,8,13H,4-5,7,9H2,1H3,(H,16,17). The Morgan fingerprint density at radius 3 is 3.19 bits per heavy atom. The number of H-pyrrole nitrogens is 1. The lowest BCUT2D eigenvalue weighted by Crippen LogP contribution is -2.27. The number of hydrogen-bond donors (Lipinski definition) is 1. The predicted octanol–water partition coefficient (Wildman–Crippen LogP) is 1.99. The zero-order chi connectivity index (χ0) is 14.8.